The van der Waals surface area contributed by atoms with Crippen molar-refractivity contribution in [2.24, 2.45) is 0 Å². The quantitative estimate of drug-likeness (QED) is 0.803. The highest BCUT2D eigenvalue weighted by atomic mass is 35.5. The number of ether oxygens (including phenoxy) is 1. The number of benzene rings is 1. The molecule has 18 heavy (non-hydrogen) atoms. The van der Waals surface area contributed by atoms with Crippen LogP contribution < -0.4 is 15.4 Å². The minimum Gasteiger partial charge on any atom is -0.495 e. The van der Waals surface area contributed by atoms with E-state index >= 15 is 0 Å². The molecule has 6 heteroatoms. The minimum absolute atomic E-state index is 0.392. The lowest BCUT2D eigenvalue weighted by molar-refractivity contribution is -0.123. The molecule has 1 saturated heterocycles. The summed E-state index contributed by atoms with van der Waals surface area (Å²) >= 11 is 6.06. The molecule has 1 unspecified atom stereocenters. The van der Waals surface area contributed by atoms with E-state index in [4.69, 9.17) is 16.3 Å². The van der Waals surface area contributed by atoms with E-state index in [1.807, 2.05) is 6.92 Å². The highest BCUT2D eigenvalue weighted by Crippen LogP contribution is 2.34. The average Bonchev–Trinajstić information content (AvgIpc) is 2.56. The van der Waals surface area contributed by atoms with E-state index in [2.05, 4.69) is 10.6 Å². The maximum Gasteiger partial charge on any atom is 0.322 e. The first-order chi connectivity index (χ1) is 8.38. The van der Waals surface area contributed by atoms with Gasteiger partial charge in [0.1, 0.15) is 11.3 Å². The number of hydrogen-bond acceptors (Lipinski definition) is 3. The fourth-order valence-corrected chi connectivity index (χ4v) is 2.32. The predicted octanol–water partition coefficient (Wildman–Crippen LogP) is 1.71. The summed E-state index contributed by atoms with van der Waals surface area (Å²) in [6.45, 7) is 3.47. The van der Waals surface area contributed by atoms with E-state index in [0.29, 0.717) is 16.3 Å². The maximum atomic E-state index is 11.9. The van der Waals surface area contributed by atoms with Gasteiger partial charge in [-0.15, -0.1) is 0 Å². The van der Waals surface area contributed by atoms with Gasteiger partial charge in [-0.3, -0.25) is 10.1 Å². The van der Waals surface area contributed by atoms with Gasteiger partial charge in [-0.05, 0) is 37.1 Å². The molecule has 0 saturated carbocycles. The third kappa shape index (κ3) is 1.80. The van der Waals surface area contributed by atoms with Gasteiger partial charge in [0.05, 0.1) is 12.1 Å². The average molecular weight is 269 g/mol. The largest absolute Gasteiger partial charge is 0.495 e. The SMILES string of the molecule is COc1cc(C)c(C2(C)NC(=O)NC2=O)cc1Cl. The molecular formula is C12H13ClN2O3. The Labute approximate surface area is 109 Å². The van der Waals surface area contributed by atoms with Crippen molar-refractivity contribution >= 4 is 23.5 Å². The third-order valence-corrected chi connectivity index (χ3v) is 3.38. The lowest BCUT2D eigenvalue weighted by atomic mass is 9.88. The fourth-order valence-electron chi connectivity index (χ4n) is 2.08. The molecule has 2 rings (SSSR count). The van der Waals surface area contributed by atoms with Crippen molar-refractivity contribution in [1.29, 1.82) is 0 Å². The number of amides is 3. The number of rotatable bonds is 2. The zero-order valence-electron chi connectivity index (χ0n) is 10.3. The second-order valence-corrected chi connectivity index (χ2v) is 4.74. The summed E-state index contributed by atoms with van der Waals surface area (Å²) in [4.78, 5) is 23.1. The molecule has 1 aromatic carbocycles. The van der Waals surface area contributed by atoms with Crippen molar-refractivity contribution < 1.29 is 14.3 Å². The summed E-state index contributed by atoms with van der Waals surface area (Å²) in [5.41, 5.74) is 0.365. The number of carbonyl (C=O) groups is 2. The molecule has 1 heterocycles. The van der Waals surface area contributed by atoms with Crippen LogP contribution in [0.25, 0.3) is 0 Å². The lowest BCUT2D eigenvalue weighted by Crippen LogP contribution is -2.41. The molecule has 0 spiro atoms. The van der Waals surface area contributed by atoms with Crippen molar-refractivity contribution in [2.45, 2.75) is 19.4 Å². The highest BCUT2D eigenvalue weighted by molar-refractivity contribution is 6.32. The Morgan fingerprint density at radius 1 is 1.33 bits per heavy atom. The van der Waals surface area contributed by atoms with E-state index < -0.39 is 17.5 Å². The first-order valence-corrected chi connectivity index (χ1v) is 5.74. The van der Waals surface area contributed by atoms with Crippen LogP contribution in [0.4, 0.5) is 4.79 Å². The van der Waals surface area contributed by atoms with Crippen LogP contribution in [0.5, 0.6) is 5.75 Å². The Kier molecular flexibility index (Phi) is 2.94. The zero-order valence-corrected chi connectivity index (χ0v) is 11.0. The Bertz CT molecular complexity index is 544. The summed E-state index contributed by atoms with van der Waals surface area (Å²) in [6, 6.07) is 2.87. The Morgan fingerprint density at radius 3 is 2.50 bits per heavy atom. The van der Waals surface area contributed by atoms with E-state index in [-0.39, 0.29) is 0 Å². The number of methoxy groups -OCH3 is 1. The molecule has 1 aromatic rings. The normalized spacial score (nSPS) is 22.7. The maximum absolute atomic E-state index is 11.9. The molecule has 3 amide bonds. The van der Waals surface area contributed by atoms with E-state index in [1.165, 1.54) is 7.11 Å². The summed E-state index contributed by atoms with van der Waals surface area (Å²) in [7, 11) is 1.52. The Hall–Kier alpha value is -1.75. The number of imide groups is 1. The van der Waals surface area contributed by atoms with Crippen LogP contribution in [0, 0.1) is 6.92 Å². The molecule has 0 aromatic heterocycles. The predicted molar refractivity (Wildman–Crippen MR) is 66.8 cm³/mol. The second kappa shape index (κ2) is 4.17. The van der Waals surface area contributed by atoms with Crippen LogP contribution in [0.3, 0.4) is 0 Å². The third-order valence-electron chi connectivity index (χ3n) is 3.08. The second-order valence-electron chi connectivity index (χ2n) is 4.33. The van der Waals surface area contributed by atoms with Gasteiger partial charge in [-0.2, -0.15) is 0 Å². The first-order valence-electron chi connectivity index (χ1n) is 5.36. The molecule has 96 valence electrons. The van der Waals surface area contributed by atoms with Crippen LogP contribution in [0.1, 0.15) is 18.1 Å². The summed E-state index contributed by atoms with van der Waals surface area (Å²) < 4.78 is 5.10. The Morgan fingerprint density at radius 2 is 2.00 bits per heavy atom. The highest BCUT2D eigenvalue weighted by Gasteiger charge is 2.44. The van der Waals surface area contributed by atoms with E-state index in [9.17, 15) is 9.59 Å². The van der Waals surface area contributed by atoms with Gasteiger partial charge in [-0.25, -0.2) is 4.79 Å². The number of nitrogens with one attached hydrogen (secondary N) is 2. The van der Waals surface area contributed by atoms with Crippen molar-refractivity contribution in [1.82, 2.24) is 10.6 Å². The molecule has 1 aliphatic rings. The van der Waals surface area contributed by atoms with Crippen molar-refractivity contribution in [3.05, 3.63) is 28.3 Å². The molecule has 1 fully saturated rings. The molecule has 0 aliphatic carbocycles. The van der Waals surface area contributed by atoms with Gasteiger partial charge in [0, 0.05) is 0 Å². The van der Waals surface area contributed by atoms with Gasteiger partial charge < -0.3 is 10.1 Å². The van der Waals surface area contributed by atoms with Gasteiger partial charge in [0.2, 0.25) is 0 Å². The van der Waals surface area contributed by atoms with Crippen LogP contribution in [0.15, 0.2) is 12.1 Å². The van der Waals surface area contributed by atoms with Gasteiger partial charge >= 0.3 is 6.03 Å². The van der Waals surface area contributed by atoms with E-state index in [1.54, 1.807) is 19.1 Å². The molecule has 0 radical (unpaired) electrons. The molecule has 1 atom stereocenters. The van der Waals surface area contributed by atoms with Crippen LogP contribution in [-0.4, -0.2) is 19.0 Å². The molecular weight excluding hydrogens is 256 g/mol. The monoisotopic (exact) mass is 268 g/mol. The van der Waals surface area contributed by atoms with E-state index in [0.717, 1.165) is 5.56 Å². The topological polar surface area (TPSA) is 67.4 Å². The van der Waals surface area contributed by atoms with Crippen molar-refractivity contribution in [3.63, 3.8) is 0 Å². The molecule has 1 aliphatic heterocycles. The fraction of sp³-hybridized carbons (Fsp3) is 0.333. The molecule has 0 bridgehead atoms. The lowest BCUT2D eigenvalue weighted by Gasteiger charge is -2.24. The zero-order chi connectivity index (χ0) is 13.5. The summed E-state index contributed by atoms with van der Waals surface area (Å²) in [6.07, 6.45) is 0. The first kappa shape index (κ1) is 12.7. The Balaban J connectivity index is 2.55. The van der Waals surface area contributed by atoms with Crippen molar-refractivity contribution in [2.75, 3.05) is 7.11 Å². The van der Waals surface area contributed by atoms with Crippen LogP contribution >= 0.6 is 11.6 Å². The number of aryl methyl sites for hydroxylation is 1. The van der Waals surface area contributed by atoms with Gasteiger partial charge in [0.25, 0.3) is 5.91 Å². The van der Waals surface area contributed by atoms with Crippen LogP contribution in [-0.2, 0) is 10.3 Å². The number of urea groups is 1. The number of halogens is 1. The number of carbonyl (C=O) groups excluding carboxylic acids is 2. The minimum atomic E-state index is -1.10. The molecule has 5 nitrogen and oxygen atoms in total. The molecule has 2 N–H and O–H groups in total. The standard InChI is InChI=1S/C12H13ClN2O3/c1-6-4-9(18-3)8(13)5-7(6)12(2)10(16)14-11(17)15-12/h4-5H,1-3H3,(H2,14,15,16,17). The summed E-state index contributed by atoms with van der Waals surface area (Å²) in [5.74, 6) is 0.142. The number of hydrogen-bond donors (Lipinski definition) is 2. The van der Waals surface area contributed by atoms with Crippen LogP contribution in [0.2, 0.25) is 5.02 Å². The smallest absolute Gasteiger partial charge is 0.322 e. The summed E-state index contributed by atoms with van der Waals surface area (Å²) in [5, 5.41) is 5.22. The van der Waals surface area contributed by atoms with Gasteiger partial charge in [0.15, 0.2) is 0 Å². The van der Waals surface area contributed by atoms with Crippen molar-refractivity contribution in [3.8, 4) is 5.75 Å². The van der Waals surface area contributed by atoms with Gasteiger partial charge in [-0.1, -0.05) is 11.6 Å².